The van der Waals surface area contributed by atoms with Crippen LogP contribution in [0.4, 0.5) is 5.69 Å². The van der Waals surface area contributed by atoms with E-state index in [-0.39, 0.29) is 23.2 Å². The molecule has 2 aromatic rings. The Kier molecular flexibility index (Phi) is 4.66. The summed E-state index contributed by atoms with van der Waals surface area (Å²) >= 11 is 0. The molecule has 1 heterocycles. The second-order valence-corrected chi connectivity index (χ2v) is 4.57. The number of hydrogen-bond acceptors (Lipinski definition) is 3. The molecule has 0 saturated heterocycles. The van der Waals surface area contributed by atoms with Crippen molar-refractivity contribution >= 4 is 17.6 Å². The van der Waals surface area contributed by atoms with Gasteiger partial charge in [0.05, 0.1) is 11.6 Å². The Balaban J connectivity index is 2.23. The minimum atomic E-state index is -1.17. The molecule has 1 amide bonds. The standard InChI is InChI=1S/C16H16N2O3/c1-2-12(11-7-4-3-5-8-11)15(19)18-13-9-6-10-17-14(13)16(20)21/h3-10,12H,2H2,1H3,(H,18,19)(H,20,21). The fraction of sp³-hybridized carbons (Fsp3) is 0.188. The summed E-state index contributed by atoms with van der Waals surface area (Å²) in [5, 5.41) is 11.7. The van der Waals surface area contributed by atoms with Crippen molar-refractivity contribution in [2.75, 3.05) is 5.32 Å². The van der Waals surface area contributed by atoms with Crippen molar-refractivity contribution in [1.29, 1.82) is 0 Å². The Morgan fingerprint density at radius 2 is 1.90 bits per heavy atom. The maximum absolute atomic E-state index is 12.4. The molecule has 1 aromatic carbocycles. The highest BCUT2D eigenvalue weighted by Crippen LogP contribution is 2.22. The monoisotopic (exact) mass is 284 g/mol. The van der Waals surface area contributed by atoms with Crippen molar-refractivity contribution in [3.63, 3.8) is 0 Å². The number of carbonyl (C=O) groups is 2. The predicted molar refractivity (Wildman–Crippen MR) is 79.3 cm³/mol. The molecule has 1 unspecified atom stereocenters. The van der Waals surface area contributed by atoms with Crippen LogP contribution in [0.25, 0.3) is 0 Å². The van der Waals surface area contributed by atoms with E-state index in [0.717, 1.165) is 5.56 Å². The third kappa shape index (κ3) is 3.45. The van der Waals surface area contributed by atoms with Crippen LogP contribution in [0.2, 0.25) is 0 Å². The molecule has 1 atom stereocenters. The molecule has 0 aliphatic rings. The Hall–Kier alpha value is -2.69. The highest BCUT2D eigenvalue weighted by molar-refractivity contribution is 6.01. The van der Waals surface area contributed by atoms with E-state index in [2.05, 4.69) is 10.3 Å². The van der Waals surface area contributed by atoms with Gasteiger partial charge in [-0.3, -0.25) is 4.79 Å². The minimum absolute atomic E-state index is 0.159. The van der Waals surface area contributed by atoms with E-state index in [9.17, 15) is 9.59 Å². The highest BCUT2D eigenvalue weighted by atomic mass is 16.4. The van der Waals surface area contributed by atoms with Gasteiger partial charge >= 0.3 is 5.97 Å². The van der Waals surface area contributed by atoms with Crippen molar-refractivity contribution in [2.24, 2.45) is 0 Å². The van der Waals surface area contributed by atoms with E-state index in [1.807, 2.05) is 37.3 Å². The maximum Gasteiger partial charge on any atom is 0.356 e. The molecule has 0 aliphatic carbocycles. The van der Waals surface area contributed by atoms with Gasteiger partial charge in [0, 0.05) is 6.20 Å². The van der Waals surface area contributed by atoms with E-state index in [4.69, 9.17) is 5.11 Å². The normalized spacial score (nSPS) is 11.7. The molecule has 5 nitrogen and oxygen atoms in total. The summed E-state index contributed by atoms with van der Waals surface area (Å²) in [5.41, 5.74) is 0.955. The van der Waals surface area contributed by atoms with Crippen molar-refractivity contribution in [1.82, 2.24) is 4.98 Å². The number of carboxylic acids is 1. The quantitative estimate of drug-likeness (QED) is 0.884. The zero-order chi connectivity index (χ0) is 15.2. The van der Waals surface area contributed by atoms with E-state index in [0.29, 0.717) is 6.42 Å². The molecule has 2 rings (SSSR count). The first-order valence-electron chi connectivity index (χ1n) is 6.67. The lowest BCUT2D eigenvalue weighted by atomic mass is 9.95. The average Bonchev–Trinajstić information content (AvgIpc) is 2.49. The van der Waals surface area contributed by atoms with E-state index >= 15 is 0 Å². The molecule has 1 aromatic heterocycles. The largest absolute Gasteiger partial charge is 0.476 e. The second kappa shape index (κ2) is 6.65. The number of nitrogens with zero attached hydrogens (tertiary/aromatic N) is 1. The fourth-order valence-electron chi connectivity index (χ4n) is 2.15. The number of anilines is 1. The Morgan fingerprint density at radius 1 is 1.19 bits per heavy atom. The average molecular weight is 284 g/mol. The van der Waals surface area contributed by atoms with E-state index in [1.165, 1.54) is 12.3 Å². The number of aromatic nitrogens is 1. The van der Waals surface area contributed by atoms with Gasteiger partial charge in [0.15, 0.2) is 5.69 Å². The molecule has 0 aliphatic heterocycles. The van der Waals surface area contributed by atoms with Crippen LogP contribution in [-0.4, -0.2) is 22.0 Å². The van der Waals surface area contributed by atoms with Gasteiger partial charge in [0.25, 0.3) is 0 Å². The van der Waals surface area contributed by atoms with Gasteiger partial charge in [-0.2, -0.15) is 0 Å². The molecule has 21 heavy (non-hydrogen) atoms. The SMILES string of the molecule is CCC(C(=O)Nc1cccnc1C(=O)O)c1ccccc1. The Bertz CT molecular complexity index is 641. The van der Waals surface area contributed by atoms with Gasteiger partial charge in [0.2, 0.25) is 5.91 Å². The zero-order valence-electron chi connectivity index (χ0n) is 11.6. The van der Waals surface area contributed by atoms with Gasteiger partial charge in [0.1, 0.15) is 0 Å². The molecule has 0 saturated carbocycles. The molecule has 0 spiro atoms. The van der Waals surface area contributed by atoms with Crippen LogP contribution >= 0.6 is 0 Å². The number of hydrogen-bond donors (Lipinski definition) is 2. The van der Waals surface area contributed by atoms with Crippen LogP contribution in [0.3, 0.4) is 0 Å². The third-order valence-electron chi connectivity index (χ3n) is 3.19. The molecular weight excluding hydrogens is 268 g/mol. The van der Waals surface area contributed by atoms with Crippen LogP contribution in [0.15, 0.2) is 48.7 Å². The summed E-state index contributed by atoms with van der Waals surface area (Å²) in [6.45, 7) is 1.92. The summed E-state index contributed by atoms with van der Waals surface area (Å²) in [5.74, 6) is -1.73. The van der Waals surface area contributed by atoms with Gasteiger partial charge in [-0.1, -0.05) is 37.3 Å². The fourth-order valence-corrected chi connectivity index (χ4v) is 2.15. The summed E-state index contributed by atoms with van der Waals surface area (Å²) in [6.07, 6.45) is 2.01. The molecule has 2 N–H and O–H groups in total. The molecule has 0 fully saturated rings. The van der Waals surface area contributed by atoms with Crippen molar-refractivity contribution in [3.8, 4) is 0 Å². The number of carbonyl (C=O) groups excluding carboxylic acids is 1. The molecule has 108 valence electrons. The lowest BCUT2D eigenvalue weighted by Gasteiger charge is -2.16. The summed E-state index contributed by atoms with van der Waals surface area (Å²) in [7, 11) is 0. The topological polar surface area (TPSA) is 79.3 Å². The van der Waals surface area contributed by atoms with Gasteiger partial charge < -0.3 is 10.4 Å². The number of nitrogens with one attached hydrogen (secondary N) is 1. The zero-order valence-corrected chi connectivity index (χ0v) is 11.6. The van der Waals surface area contributed by atoms with E-state index in [1.54, 1.807) is 6.07 Å². The summed E-state index contributed by atoms with van der Waals surface area (Å²) in [4.78, 5) is 27.3. The lowest BCUT2D eigenvalue weighted by molar-refractivity contribution is -0.117. The first kappa shape index (κ1) is 14.7. The number of benzene rings is 1. The van der Waals surface area contributed by atoms with E-state index < -0.39 is 5.97 Å². The van der Waals surface area contributed by atoms with Crippen LogP contribution in [0.1, 0.15) is 35.3 Å². The number of amides is 1. The lowest BCUT2D eigenvalue weighted by Crippen LogP contribution is -2.22. The number of pyridine rings is 1. The summed E-state index contributed by atoms with van der Waals surface area (Å²) in [6, 6.07) is 12.5. The molecule has 5 heteroatoms. The first-order valence-corrected chi connectivity index (χ1v) is 6.67. The first-order chi connectivity index (χ1) is 10.1. The second-order valence-electron chi connectivity index (χ2n) is 4.57. The minimum Gasteiger partial charge on any atom is -0.476 e. The predicted octanol–water partition coefficient (Wildman–Crippen LogP) is 2.91. The summed E-state index contributed by atoms with van der Waals surface area (Å²) < 4.78 is 0. The number of carboxylic acid groups (broad SMARTS) is 1. The van der Waals surface area contributed by atoms with Crippen molar-refractivity contribution in [3.05, 3.63) is 59.9 Å². The third-order valence-corrected chi connectivity index (χ3v) is 3.19. The molecular formula is C16H16N2O3. The van der Waals surface area contributed by atoms with Gasteiger partial charge in [-0.05, 0) is 24.1 Å². The van der Waals surface area contributed by atoms with Crippen LogP contribution in [0, 0.1) is 0 Å². The smallest absolute Gasteiger partial charge is 0.356 e. The van der Waals surface area contributed by atoms with Crippen molar-refractivity contribution < 1.29 is 14.7 Å². The van der Waals surface area contributed by atoms with Crippen LogP contribution in [-0.2, 0) is 4.79 Å². The Morgan fingerprint density at radius 3 is 2.52 bits per heavy atom. The van der Waals surface area contributed by atoms with Gasteiger partial charge in [-0.15, -0.1) is 0 Å². The van der Waals surface area contributed by atoms with Crippen LogP contribution in [0.5, 0.6) is 0 Å². The molecule has 0 bridgehead atoms. The molecule has 0 radical (unpaired) electrons. The van der Waals surface area contributed by atoms with Crippen molar-refractivity contribution in [2.45, 2.75) is 19.3 Å². The maximum atomic E-state index is 12.4. The highest BCUT2D eigenvalue weighted by Gasteiger charge is 2.21. The van der Waals surface area contributed by atoms with Crippen LogP contribution < -0.4 is 5.32 Å². The number of aromatic carboxylic acids is 1. The Labute approximate surface area is 122 Å². The number of rotatable bonds is 5. The van der Waals surface area contributed by atoms with Gasteiger partial charge in [-0.25, -0.2) is 9.78 Å².